The Labute approximate surface area is 157 Å². The molecule has 1 aliphatic heterocycles. The number of thiazole rings is 1. The third kappa shape index (κ3) is 3.85. The molecule has 0 bridgehead atoms. The maximum atomic E-state index is 12.6. The molecule has 26 heavy (non-hydrogen) atoms. The van der Waals surface area contributed by atoms with E-state index >= 15 is 0 Å². The molecule has 5 nitrogen and oxygen atoms in total. The van der Waals surface area contributed by atoms with Crippen molar-refractivity contribution in [2.45, 2.75) is 19.3 Å². The van der Waals surface area contributed by atoms with Gasteiger partial charge in [0, 0.05) is 32.0 Å². The molecule has 134 valence electrons. The Bertz CT molecular complexity index is 847. The van der Waals surface area contributed by atoms with Gasteiger partial charge >= 0.3 is 0 Å². The molecule has 1 aromatic carbocycles. The number of nitrogens with zero attached hydrogens (tertiary/aromatic N) is 3. The summed E-state index contributed by atoms with van der Waals surface area (Å²) in [6, 6.07) is 12.2. The van der Waals surface area contributed by atoms with Gasteiger partial charge < -0.3 is 10.2 Å². The Morgan fingerprint density at radius 1 is 1.23 bits per heavy atom. The van der Waals surface area contributed by atoms with E-state index in [0.29, 0.717) is 6.54 Å². The lowest BCUT2D eigenvalue weighted by Crippen LogP contribution is -2.43. The highest BCUT2D eigenvalue weighted by molar-refractivity contribution is 7.22. The molecule has 1 atom stereocenters. The number of carbonyl (C=O) groups excluding carboxylic acids is 1. The molecule has 6 heteroatoms. The molecule has 1 aliphatic rings. The van der Waals surface area contributed by atoms with Crippen molar-refractivity contribution in [3.05, 3.63) is 54.4 Å². The Hall–Kier alpha value is -2.47. The van der Waals surface area contributed by atoms with Crippen LogP contribution in [0, 0.1) is 5.92 Å². The van der Waals surface area contributed by atoms with Crippen molar-refractivity contribution in [1.82, 2.24) is 15.3 Å². The number of anilines is 1. The van der Waals surface area contributed by atoms with Gasteiger partial charge in [0.1, 0.15) is 0 Å². The fourth-order valence-corrected chi connectivity index (χ4v) is 4.38. The number of carbonyl (C=O) groups is 1. The van der Waals surface area contributed by atoms with Crippen LogP contribution in [0.2, 0.25) is 0 Å². The average Bonchev–Trinajstić information content (AvgIpc) is 3.13. The molecule has 0 saturated carbocycles. The van der Waals surface area contributed by atoms with Crippen molar-refractivity contribution in [3.8, 4) is 0 Å². The third-order valence-electron chi connectivity index (χ3n) is 4.81. The van der Waals surface area contributed by atoms with E-state index in [1.54, 1.807) is 23.7 Å². The van der Waals surface area contributed by atoms with Crippen molar-refractivity contribution in [3.63, 3.8) is 0 Å². The highest BCUT2D eigenvalue weighted by Gasteiger charge is 2.27. The first-order valence-corrected chi connectivity index (χ1v) is 9.88. The van der Waals surface area contributed by atoms with Gasteiger partial charge in [-0.2, -0.15) is 0 Å². The van der Waals surface area contributed by atoms with E-state index in [1.807, 2.05) is 30.3 Å². The van der Waals surface area contributed by atoms with Crippen LogP contribution in [0.1, 0.15) is 18.4 Å². The molecule has 0 aliphatic carbocycles. The summed E-state index contributed by atoms with van der Waals surface area (Å²) in [7, 11) is 0. The lowest BCUT2D eigenvalue weighted by atomic mass is 9.97. The largest absolute Gasteiger partial charge is 0.355 e. The number of fused-ring (bicyclic) bond motifs is 1. The van der Waals surface area contributed by atoms with Crippen LogP contribution in [0.3, 0.4) is 0 Å². The predicted molar refractivity (Wildman–Crippen MR) is 106 cm³/mol. The van der Waals surface area contributed by atoms with Crippen molar-refractivity contribution >= 4 is 32.6 Å². The number of para-hydroxylation sites is 1. The molecular weight excluding hydrogens is 344 g/mol. The van der Waals surface area contributed by atoms with Gasteiger partial charge in [0.2, 0.25) is 5.91 Å². The number of benzene rings is 1. The van der Waals surface area contributed by atoms with Crippen LogP contribution in [-0.4, -0.2) is 35.5 Å². The van der Waals surface area contributed by atoms with Crippen molar-refractivity contribution in [2.24, 2.45) is 5.92 Å². The maximum Gasteiger partial charge on any atom is 0.224 e. The van der Waals surface area contributed by atoms with Gasteiger partial charge in [-0.3, -0.25) is 9.78 Å². The van der Waals surface area contributed by atoms with Crippen LogP contribution in [0.25, 0.3) is 10.2 Å². The van der Waals surface area contributed by atoms with Crippen LogP contribution < -0.4 is 10.2 Å². The Morgan fingerprint density at radius 2 is 2.08 bits per heavy atom. The first kappa shape index (κ1) is 17.0. The molecule has 2 aromatic heterocycles. The molecule has 3 heterocycles. The Balaban J connectivity index is 1.34. The highest BCUT2D eigenvalue weighted by Crippen LogP contribution is 2.31. The van der Waals surface area contributed by atoms with Gasteiger partial charge in [-0.25, -0.2) is 4.98 Å². The lowest BCUT2D eigenvalue weighted by Gasteiger charge is -2.31. The zero-order valence-electron chi connectivity index (χ0n) is 14.6. The highest BCUT2D eigenvalue weighted by atomic mass is 32.1. The van der Waals surface area contributed by atoms with Gasteiger partial charge in [0.25, 0.3) is 0 Å². The zero-order valence-corrected chi connectivity index (χ0v) is 15.4. The van der Waals surface area contributed by atoms with Gasteiger partial charge in [0.15, 0.2) is 5.13 Å². The third-order valence-corrected chi connectivity index (χ3v) is 5.90. The summed E-state index contributed by atoms with van der Waals surface area (Å²) < 4.78 is 1.20. The molecule has 1 unspecified atom stereocenters. The molecule has 1 saturated heterocycles. The fraction of sp³-hybridized carbons (Fsp3) is 0.350. The molecular formula is C20H22N4OS. The standard InChI is InChI=1S/C20H22N4OS/c25-19(22-12-9-15-7-10-21-11-8-15)16-4-3-13-24(14-16)20-23-17-5-1-2-6-18(17)26-20/h1-2,5-8,10-11,16H,3-4,9,12-14H2,(H,22,25). The number of amides is 1. The normalized spacial score (nSPS) is 17.4. The Morgan fingerprint density at radius 3 is 2.92 bits per heavy atom. The minimum atomic E-state index is 0.0354. The summed E-state index contributed by atoms with van der Waals surface area (Å²) in [4.78, 5) is 23.6. The fourth-order valence-electron chi connectivity index (χ4n) is 3.38. The number of hydrogen-bond donors (Lipinski definition) is 1. The molecule has 3 aromatic rings. The topological polar surface area (TPSA) is 58.1 Å². The first-order valence-electron chi connectivity index (χ1n) is 9.07. The van der Waals surface area contributed by atoms with Gasteiger partial charge in [0.05, 0.1) is 16.1 Å². The monoisotopic (exact) mass is 366 g/mol. The summed E-state index contributed by atoms with van der Waals surface area (Å²) >= 11 is 1.71. The zero-order chi connectivity index (χ0) is 17.8. The van der Waals surface area contributed by atoms with E-state index < -0.39 is 0 Å². The van der Waals surface area contributed by atoms with Crippen molar-refractivity contribution in [1.29, 1.82) is 0 Å². The van der Waals surface area contributed by atoms with Crippen molar-refractivity contribution in [2.75, 3.05) is 24.5 Å². The van der Waals surface area contributed by atoms with Crippen LogP contribution >= 0.6 is 11.3 Å². The molecule has 4 rings (SSSR count). The summed E-state index contributed by atoms with van der Waals surface area (Å²) in [6.45, 7) is 2.39. The average molecular weight is 366 g/mol. The van der Waals surface area contributed by atoms with E-state index in [2.05, 4.69) is 21.3 Å². The summed E-state index contributed by atoms with van der Waals surface area (Å²) in [6.07, 6.45) is 6.38. The minimum Gasteiger partial charge on any atom is -0.355 e. The second-order valence-corrected chi connectivity index (χ2v) is 7.65. The second-order valence-electron chi connectivity index (χ2n) is 6.65. The number of aromatic nitrogens is 2. The quantitative estimate of drug-likeness (QED) is 0.753. The van der Waals surface area contributed by atoms with E-state index in [-0.39, 0.29) is 11.8 Å². The first-order chi connectivity index (χ1) is 12.8. The molecule has 1 N–H and O–H groups in total. The number of pyridine rings is 1. The van der Waals surface area contributed by atoms with E-state index in [0.717, 1.165) is 43.0 Å². The van der Waals surface area contributed by atoms with Crippen LogP contribution in [-0.2, 0) is 11.2 Å². The van der Waals surface area contributed by atoms with E-state index in [4.69, 9.17) is 4.98 Å². The van der Waals surface area contributed by atoms with Crippen molar-refractivity contribution < 1.29 is 4.79 Å². The molecule has 1 fully saturated rings. The summed E-state index contributed by atoms with van der Waals surface area (Å²) in [5.74, 6) is 0.193. The van der Waals surface area contributed by atoms with E-state index in [1.165, 1.54) is 10.3 Å². The predicted octanol–water partition coefficient (Wildman–Crippen LogP) is 3.27. The second kappa shape index (κ2) is 7.83. The van der Waals surface area contributed by atoms with E-state index in [9.17, 15) is 4.79 Å². The smallest absolute Gasteiger partial charge is 0.224 e. The van der Waals surface area contributed by atoms with Crippen LogP contribution in [0.5, 0.6) is 0 Å². The SMILES string of the molecule is O=C(NCCc1ccncc1)C1CCCN(c2nc3ccccc3s2)C1. The molecule has 1 amide bonds. The maximum absolute atomic E-state index is 12.6. The lowest BCUT2D eigenvalue weighted by molar-refractivity contribution is -0.125. The van der Waals surface area contributed by atoms with Gasteiger partial charge in [-0.05, 0) is 49.1 Å². The minimum absolute atomic E-state index is 0.0354. The number of nitrogens with one attached hydrogen (secondary N) is 1. The number of rotatable bonds is 5. The summed E-state index contributed by atoms with van der Waals surface area (Å²) in [5, 5.41) is 4.12. The molecule has 0 radical (unpaired) electrons. The van der Waals surface area contributed by atoms with Crippen LogP contribution in [0.4, 0.5) is 5.13 Å². The molecule has 0 spiro atoms. The number of hydrogen-bond acceptors (Lipinski definition) is 5. The van der Waals surface area contributed by atoms with Gasteiger partial charge in [-0.15, -0.1) is 0 Å². The van der Waals surface area contributed by atoms with Gasteiger partial charge in [-0.1, -0.05) is 23.5 Å². The Kier molecular flexibility index (Phi) is 5.11. The number of piperidine rings is 1. The summed E-state index contributed by atoms with van der Waals surface area (Å²) in [5.41, 5.74) is 2.23. The van der Waals surface area contributed by atoms with Crippen LogP contribution in [0.15, 0.2) is 48.8 Å².